The second-order valence-electron chi connectivity index (χ2n) is 13.1. The van der Waals surface area contributed by atoms with Crippen LogP contribution in [0.15, 0.2) is 48.5 Å². The lowest BCUT2D eigenvalue weighted by atomic mass is 10.0. The number of amides is 2. The number of carbonyl (C=O) groups excluding carboxylic acids is 2. The summed E-state index contributed by atoms with van der Waals surface area (Å²) in [6.45, 7) is 9.45. The molecule has 0 aliphatic carbocycles. The molecule has 0 aliphatic rings. The van der Waals surface area contributed by atoms with Gasteiger partial charge in [0.15, 0.2) is 0 Å². The first-order valence-corrected chi connectivity index (χ1v) is 20.2. The smallest absolute Gasteiger partial charge is 0.444 e. The molecule has 23 heteroatoms. The highest BCUT2D eigenvalue weighted by Gasteiger charge is 2.32. The maximum atomic E-state index is 12.4. The van der Waals surface area contributed by atoms with Crippen molar-refractivity contribution in [3.05, 3.63) is 59.7 Å². The Morgan fingerprint density at radius 2 is 1.05 bits per heavy atom. The lowest BCUT2D eigenvalue weighted by molar-refractivity contribution is -0.275. The largest absolute Gasteiger partial charge is 0.573 e. The number of aliphatic hydroxyl groups is 1. The molecule has 55 heavy (non-hydrogen) atoms. The molecule has 0 aromatic heterocycles. The molecule has 2 rings (SSSR count). The minimum atomic E-state index is -4.87. The van der Waals surface area contributed by atoms with Gasteiger partial charge >= 0.3 is 24.9 Å². The van der Waals surface area contributed by atoms with Gasteiger partial charge in [-0.2, -0.15) is 8.42 Å². The van der Waals surface area contributed by atoms with Gasteiger partial charge in [0.2, 0.25) is 9.05 Å². The van der Waals surface area contributed by atoms with E-state index < -0.39 is 78.9 Å². The number of aliphatic hydroxyl groups excluding tert-OH is 1. The summed E-state index contributed by atoms with van der Waals surface area (Å²) >= 11 is 0. The number of nitrogens with one attached hydrogen (secondary N) is 2. The number of alkyl halides is 6. The van der Waals surface area contributed by atoms with Gasteiger partial charge in [0, 0.05) is 17.3 Å². The monoisotopic (exact) mass is 862 g/mol. The van der Waals surface area contributed by atoms with Crippen molar-refractivity contribution >= 4 is 42.0 Å². The minimum absolute atomic E-state index is 0.0260. The van der Waals surface area contributed by atoms with E-state index in [0.29, 0.717) is 5.56 Å². The highest BCUT2D eigenvalue weighted by Crippen LogP contribution is 2.28. The summed E-state index contributed by atoms with van der Waals surface area (Å²) < 4.78 is 138. The number of alkyl carbamates (subject to hydrolysis) is 2. The van der Waals surface area contributed by atoms with Crippen molar-refractivity contribution in [3.8, 4) is 11.5 Å². The first kappa shape index (κ1) is 51.3. The third-order valence-corrected chi connectivity index (χ3v) is 6.09. The Balaban J connectivity index is 0.000000952. The molecule has 14 nitrogen and oxygen atoms in total. The highest BCUT2D eigenvalue weighted by molar-refractivity contribution is 8.13. The van der Waals surface area contributed by atoms with E-state index in [9.17, 15) is 52.8 Å². The molecule has 2 amide bonds. The molecule has 0 spiro atoms. The number of rotatable bonds is 12. The normalized spacial score (nSPS) is 13.4. The number of hydrogen-bond donors (Lipinski definition) is 3. The van der Waals surface area contributed by atoms with Crippen LogP contribution in [0, 0.1) is 0 Å². The van der Waals surface area contributed by atoms with Crippen molar-refractivity contribution in [2.75, 3.05) is 25.7 Å². The van der Waals surface area contributed by atoms with Crippen LogP contribution < -0.4 is 20.1 Å². The molecule has 2 aromatic rings. The van der Waals surface area contributed by atoms with E-state index in [-0.39, 0.29) is 31.6 Å². The van der Waals surface area contributed by atoms with Gasteiger partial charge in [0.05, 0.1) is 31.2 Å². The van der Waals surface area contributed by atoms with Gasteiger partial charge in [-0.05, 0) is 89.8 Å². The fourth-order valence-corrected chi connectivity index (χ4v) is 4.25. The van der Waals surface area contributed by atoms with Gasteiger partial charge in [0.1, 0.15) is 22.7 Å². The minimum Gasteiger partial charge on any atom is -0.444 e. The predicted octanol–water partition coefficient (Wildman–Crippen LogP) is 7.24. The second kappa shape index (κ2) is 21.5. The molecule has 0 bridgehead atoms. The number of carbonyl (C=O) groups is 2. The summed E-state index contributed by atoms with van der Waals surface area (Å²) in [5, 5.41) is 14.1. The molecular weight excluding hydrogens is 818 g/mol. The number of halogens is 7. The van der Waals surface area contributed by atoms with Gasteiger partial charge in [-0.25, -0.2) is 18.0 Å². The van der Waals surface area contributed by atoms with E-state index in [1.807, 2.05) is 0 Å². The first-order valence-electron chi connectivity index (χ1n) is 15.7. The molecule has 0 saturated heterocycles. The highest BCUT2D eigenvalue weighted by atomic mass is 35.7. The maximum absolute atomic E-state index is 12.4. The number of hydrogen-bond acceptors (Lipinski definition) is 12. The van der Waals surface area contributed by atoms with Gasteiger partial charge in [-0.15, -0.1) is 26.3 Å². The van der Waals surface area contributed by atoms with Crippen LogP contribution in [0.4, 0.5) is 35.9 Å². The van der Waals surface area contributed by atoms with Crippen LogP contribution in [0.1, 0.15) is 77.6 Å². The van der Waals surface area contributed by atoms with E-state index in [2.05, 4.69) is 35.0 Å². The fraction of sp³-hybridized carbons (Fsp3) is 0.562. The third-order valence-electron chi connectivity index (χ3n) is 5.49. The fourth-order valence-electron chi connectivity index (χ4n) is 3.85. The van der Waals surface area contributed by atoms with Crippen LogP contribution in [0.3, 0.4) is 0 Å². The summed E-state index contributed by atoms with van der Waals surface area (Å²) in [6.07, 6.45) is -9.32. The topological polar surface area (TPSA) is 193 Å². The Kier molecular flexibility index (Phi) is 20.1. The zero-order valence-corrected chi connectivity index (χ0v) is 33.4. The lowest BCUT2D eigenvalue weighted by Crippen LogP contribution is -2.35. The molecule has 316 valence electrons. The van der Waals surface area contributed by atoms with Crippen molar-refractivity contribution in [2.24, 2.45) is 0 Å². The molecule has 0 aliphatic heterocycles. The zero-order chi connectivity index (χ0) is 43.1. The van der Waals surface area contributed by atoms with E-state index in [4.69, 9.17) is 14.6 Å². The Bertz CT molecular complexity index is 1720. The molecule has 0 unspecified atom stereocenters. The standard InChI is InChI=1S/C16H22F3NO6S.C15H20F3NO4.CH3ClO2S/c1-15(2,3)26-14(21)20-13(8-9-24-27(4,22)23)11-6-5-7-12(10-11)25-16(17,18)19;1-14(2,3)23-13(21)19-12(7-8-20)10-5-4-6-11(9-10)22-15(16,17)18;1-5(2,3)4/h5-7,10,13H,8-9H2,1-4H3,(H,20,21);4-6,9,12,20H,7-8H2,1-3H3,(H,19,21);1H3/t13-;12-;/m00./s1. The third kappa shape index (κ3) is 30.2. The van der Waals surface area contributed by atoms with Crippen molar-refractivity contribution in [1.29, 1.82) is 0 Å². The van der Waals surface area contributed by atoms with E-state index >= 15 is 0 Å². The molecule has 3 N–H and O–H groups in total. The molecule has 0 radical (unpaired) electrons. The van der Waals surface area contributed by atoms with Crippen LogP contribution in [0.5, 0.6) is 11.5 Å². The quantitative estimate of drug-likeness (QED) is 0.110. The summed E-state index contributed by atoms with van der Waals surface area (Å²) in [4.78, 5) is 23.8. The molecular formula is C32H45ClF6N2O12S2. The number of benzene rings is 2. The van der Waals surface area contributed by atoms with Crippen molar-refractivity contribution in [2.45, 2.75) is 90.4 Å². The Morgan fingerprint density at radius 3 is 1.35 bits per heavy atom. The average molecular weight is 863 g/mol. The molecule has 0 heterocycles. The van der Waals surface area contributed by atoms with Crippen LogP contribution in [0.2, 0.25) is 0 Å². The van der Waals surface area contributed by atoms with Crippen LogP contribution in [-0.4, -0.2) is 83.8 Å². The summed E-state index contributed by atoms with van der Waals surface area (Å²) in [5.74, 6) is -0.871. The average Bonchev–Trinajstić information content (AvgIpc) is 2.92. The predicted molar refractivity (Wildman–Crippen MR) is 188 cm³/mol. The van der Waals surface area contributed by atoms with Crippen molar-refractivity contribution < 1.29 is 81.0 Å². The Hall–Kier alpha value is -3.73. The maximum Gasteiger partial charge on any atom is 0.573 e. The number of ether oxygens (including phenoxy) is 4. The summed E-state index contributed by atoms with van der Waals surface area (Å²) in [5.41, 5.74) is -0.875. The molecule has 2 aromatic carbocycles. The van der Waals surface area contributed by atoms with Crippen LogP contribution in [0.25, 0.3) is 0 Å². The van der Waals surface area contributed by atoms with Gasteiger partial charge in [-0.3, -0.25) is 4.18 Å². The zero-order valence-electron chi connectivity index (χ0n) is 31.0. The van der Waals surface area contributed by atoms with E-state index in [1.165, 1.54) is 24.3 Å². The summed E-state index contributed by atoms with van der Waals surface area (Å²) in [6, 6.07) is 8.63. The molecule has 0 fully saturated rings. The first-order chi connectivity index (χ1) is 24.6. The van der Waals surface area contributed by atoms with Crippen LogP contribution >= 0.6 is 10.7 Å². The van der Waals surface area contributed by atoms with Gasteiger partial charge in [0.25, 0.3) is 10.1 Å². The van der Waals surface area contributed by atoms with E-state index in [1.54, 1.807) is 41.5 Å². The lowest BCUT2D eigenvalue weighted by Gasteiger charge is -2.24. The Morgan fingerprint density at radius 1 is 0.709 bits per heavy atom. The molecule has 2 atom stereocenters. The summed E-state index contributed by atoms with van der Waals surface area (Å²) in [7, 11) is -2.40. The Labute approximate surface area is 320 Å². The SMILES string of the molecule is CC(C)(C)OC(=O)N[C@@H](CCO)c1cccc(OC(F)(F)F)c1.CC(C)(C)OC(=O)N[C@@H](CCOS(C)(=O)=O)c1cccc(OC(F)(F)F)c1.CS(=O)(=O)Cl. The van der Waals surface area contributed by atoms with Crippen LogP contribution in [-0.2, 0) is 32.8 Å². The van der Waals surface area contributed by atoms with Crippen molar-refractivity contribution in [1.82, 2.24) is 10.6 Å². The second-order valence-corrected chi connectivity index (χ2v) is 17.8. The van der Waals surface area contributed by atoms with Gasteiger partial charge < -0.3 is 34.7 Å². The van der Waals surface area contributed by atoms with Crippen molar-refractivity contribution in [3.63, 3.8) is 0 Å². The van der Waals surface area contributed by atoms with E-state index in [0.717, 1.165) is 36.8 Å². The molecule has 0 saturated carbocycles. The van der Waals surface area contributed by atoms with Gasteiger partial charge in [-0.1, -0.05) is 24.3 Å².